The van der Waals surface area contributed by atoms with Crippen LogP contribution in [0, 0.1) is 0 Å². The van der Waals surface area contributed by atoms with Crippen LogP contribution in [0.1, 0.15) is 57.8 Å². The molecule has 1 aliphatic rings. The van der Waals surface area contributed by atoms with Gasteiger partial charge in [0.2, 0.25) is 0 Å². The molecule has 0 saturated carbocycles. The molecule has 2 N–H and O–H groups in total. The van der Waals surface area contributed by atoms with Crippen LogP contribution in [0.3, 0.4) is 0 Å². The zero-order chi connectivity index (χ0) is 14.6. The van der Waals surface area contributed by atoms with E-state index in [1.807, 2.05) is 0 Å². The maximum Gasteiger partial charge on any atom is 0.305 e. The van der Waals surface area contributed by atoms with Crippen molar-refractivity contribution in [3.63, 3.8) is 0 Å². The monoisotopic (exact) mass is 411 g/mol. The number of carbonyl (C=O) groups excluding carboxylic acids is 1. The number of nitrogens with zero attached hydrogens (tertiary/aromatic N) is 2. The van der Waals surface area contributed by atoms with Gasteiger partial charge in [0.1, 0.15) is 0 Å². The van der Waals surface area contributed by atoms with Gasteiger partial charge in [-0.05, 0) is 32.1 Å². The number of nitrogens with two attached hydrogens (primary N) is 1. The summed E-state index contributed by atoms with van der Waals surface area (Å²) in [5, 5.41) is 0. The summed E-state index contributed by atoms with van der Waals surface area (Å²) in [5.74, 6) is 0.610. The highest BCUT2D eigenvalue weighted by molar-refractivity contribution is 14.0. The highest BCUT2D eigenvalue weighted by Crippen LogP contribution is 2.09. The van der Waals surface area contributed by atoms with Gasteiger partial charge >= 0.3 is 5.97 Å². The van der Waals surface area contributed by atoms with Crippen molar-refractivity contribution in [3.05, 3.63) is 0 Å². The SMILES string of the molecule is COC(=O)CCCCCCCN=C(N)N1CCCCC1.I. The van der Waals surface area contributed by atoms with Gasteiger partial charge in [0.05, 0.1) is 7.11 Å². The van der Waals surface area contributed by atoms with Crippen LogP contribution in [0.2, 0.25) is 0 Å². The van der Waals surface area contributed by atoms with Crippen LogP contribution >= 0.6 is 24.0 Å². The molecular formula is C15H30IN3O2. The van der Waals surface area contributed by atoms with Crippen molar-refractivity contribution >= 4 is 35.9 Å². The third-order valence-electron chi connectivity index (χ3n) is 3.72. The van der Waals surface area contributed by atoms with Gasteiger partial charge in [-0.2, -0.15) is 0 Å². The van der Waals surface area contributed by atoms with E-state index >= 15 is 0 Å². The molecule has 1 heterocycles. The Hall–Kier alpha value is -0.530. The first-order valence-corrected chi connectivity index (χ1v) is 7.85. The van der Waals surface area contributed by atoms with Crippen LogP contribution in [0.4, 0.5) is 0 Å². The molecule has 1 fully saturated rings. The molecule has 0 bridgehead atoms. The highest BCUT2D eigenvalue weighted by Gasteiger charge is 2.11. The number of likely N-dealkylation sites (tertiary alicyclic amines) is 1. The van der Waals surface area contributed by atoms with Gasteiger partial charge in [-0.3, -0.25) is 9.79 Å². The Labute approximate surface area is 145 Å². The average Bonchev–Trinajstić information content (AvgIpc) is 2.50. The van der Waals surface area contributed by atoms with Crippen molar-refractivity contribution in [2.45, 2.75) is 57.8 Å². The average molecular weight is 411 g/mol. The van der Waals surface area contributed by atoms with E-state index < -0.39 is 0 Å². The van der Waals surface area contributed by atoms with E-state index in [0.717, 1.165) is 57.7 Å². The van der Waals surface area contributed by atoms with Gasteiger partial charge in [-0.1, -0.05) is 19.3 Å². The summed E-state index contributed by atoms with van der Waals surface area (Å²) in [6.45, 7) is 2.94. The Morgan fingerprint density at radius 2 is 1.71 bits per heavy atom. The molecule has 1 aliphatic heterocycles. The van der Waals surface area contributed by atoms with Gasteiger partial charge in [0, 0.05) is 26.1 Å². The molecule has 21 heavy (non-hydrogen) atoms. The summed E-state index contributed by atoms with van der Waals surface area (Å²) in [6.07, 6.45) is 9.70. The lowest BCUT2D eigenvalue weighted by Gasteiger charge is -2.27. The second-order valence-electron chi connectivity index (χ2n) is 5.38. The highest BCUT2D eigenvalue weighted by atomic mass is 127. The van der Waals surface area contributed by atoms with Crippen LogP contribution < -0.4 is 5.73 Å². The van der Waals surface area contributed by atoms with Crippen molar-refractivity contribution in [2.75, 3.05) is 26.7 Å². The van der Waals surface area contributed by atoms with E-state index in [-0.39, 0.29) is 29.9 Å². The molecule has 0 radical (unpaired) electrons. The largest absolute Gasteiger partial charge is 0.469 e. The Kier molecular flexibility index (Phi) is 12.8. The predicted molar refractivity (Wildman–Crippen MR) is 97.0 cm³/mol. The van der Waals surface area contributed by atoms with Crippen molar-refractivity contribution < 1.29 is 9.53 Å². The van der Waals surface area contributed by atoms with Crippen LogP contribution in [-0.2, 0) is 9.53 Å². The van der Waals surface area contributed by atoms with Crippen LogP contribution in [0.5, 0.6) is 0 Å². The Balaban J connectivity index is 0.00000400. The lowest BCUT2D eigenvalue weighted by Crippen LogP contribution is -2.40. The molecule has 0 spiro atoms. The standard InChI is InChI=1S/C15H29N3O2.HI/c1-20-14(19)10-6-3-2-4-7-11-17-15(16)18-12-8-5-9-13-18;/h2-13H2,1H3,(H2,16,17);1H. The smallest absolute Gasteiger partial charge is 0.305 e. The number of halogens is 1. The first-order chi connectivity index (χ1) is 9.74. The molecule has 0 aliphatic carbocycles. The molecule has 124 valence electrons. The predicted octanol–water partition coefficient (Wildman–Crippen LogP) is 2.92. The number of unbranched alkanes of at least 4 members (excludes halogenated alkanes) is 4. The molecule has 0 aromatic carbocycles. The zero-order valence-corrected chi connectivity index (χ0v) is 15.5. The Bertz CT molecular complexity index is 305. The van der Waals surface area contributed by atoms with E-state index in [9.17, 15) is 4.79 Å². The number of esters is 1. The maximum absolute atomic E-state index is 10.9. The van der Waals surface area contributed by atoms with E-state index in [1.165, 1.54) is 26.4 Å². The van der Waals surface area contributed by atoms with Crippen LogP contribution in [-0.4, -0.2) is 43.6 Å². The minimum Gasteiger partial charge on any atom is -0.469 e. The minimum atomic E-state index is -0.107. The Morgan fingerprint density at radius 1 is 1.10 bits per heavy atom. The minimum absolute atomic E-state index is 0. The fraction of sp³-hybridized carbons (Fsp3) is 0.867. The molecule has 0 unspecified atom stereocenters. The summed E-state index contributed by atoms with van der Waals surface area (Å²) in [6, 6.07) is 0. The third kappa shape index (κ3) is 9.92. The number of hydrogen-bond acceptors (Lipinski definition) is 3. The number of guanidine groups is 1. The summed E-state index contributed by atoms with van der Waals surface area (Å²) in [5.41, 5.74) is 5.98. The first kappa shape index (κ1) is 20.5. The lowest BCUT2D eigenvalue weighted by atomic mass is 10.1. The summed E-state index contributed by atoms with van der Waals surface area (Å²) < 4.78 is 4.60. The van der Waals surface area contributed by atoms with Gasteiger partial charge in [-0.25, -0.2) is 0 Å². The van der Waals surface area contributed by atoms with E-state index in [0.29, 0.717) is 6.42 Å². The topological polar surface area (TPSA) is 67.9 Å². The van der Waals surface area contributed by atoms with Gasteiger partial charge in [0.25, 0.3) is 0 Å². The number of methoxy groups -OCH3 is 1. The summed E-state index contributed by atoms with van der Waals surface area (Å²) in [4.78, 5) is 17.6. The molecule has 0 aromatic rings. The number of rotatable bonds is 8. The van der Waals surface area contributed by atoms with Gasteiger partial charge in [-0.15, -0.1) is 24.0 Å². The van der Waals surface area contributed by atoms with Crippen molar-refractivity contribution in [1.29, 1.82) is 0 Å². The van der Waals surface area contributed by atoms with E-state index in [4.69, 9.17) is 5.73 Å². The molecule has 5 nitrogen and oxygen atoms in total. The molecular weight excluding hydrogens is 381 g/mol. The van der Waals surface area contributed by atoms with Crippen molar-refractivity contribution in [3.8, 4) is 0 Å². The number of piperidine rings is 1. The third-order valence-corrected chi connectivity index (χ3v) is 3.72. The summed E-state index contributed by atoms with van der Waals surface area (Å²) >= 11 is 0. The van der Waals surface area contributed by atoms with Crippen molar-refractivity contribution in [1.82, 2.24) is 4.90 Å². The number of aliphatic imine (C=N–C) groups is 1. The van der Waals surface area contributed by atoms with Crippen molar-refractivity contribution in [2.24, 2.45) is 10.7 Å². The van der Waals surface area contributed by atoms with E-state index in [2.05, 4.69) is 14.6 Å². The second-order valence-corrected chi connectivity index (χ2v) is 5.38. The number of carbonyl (C=O) groups is 1. The number of hydrogen-bond donors (Lipinski definition) is 1. The fourth-order valence-corrected chi connectivity index (χ4v) is 2.43. The maximum atomic E-state index is 10.9. The van der Waals surface area contributed by atoms with Gasteiger partial charge in [0.15, 0.2) is 5.96 Å². The zero-order valence-electron chi connectivity index (χ0n) is 13.2. The lowest BCUT2D eigenvalue weighted by molar-refractivity contribution is -0.140. The molecule has 1 rings (SSSR count). The number of ether oxygens (including phenoxy) is 1. The fourth-order valence-electron chi connectivity index (χ4n) is 2.43. The molecule has 0 amide bonds. The molecule has 1 saturated heterocycles. The van der Waals surface area contributed by atoms with Crippen LogP contribution in [0.25, 0.3) is 0 Å². The summed E-state index contributed by atoms with van der Waals surface area (Å²) in [7, 11) is 1.44. The first-order valence-electron chi connectivity index (χ1n) is 7.85. The Morgan fingerprint density at radius 3 is 2.38 bits per heavy atom. The molecule has 0 atom stereocenters. The quantitative estimate of drug-likeness (QED) is 0.219. The van der Waals surface area contributed by atoms with Crippen LogP contribution in [0.15, 0.2) is 4.99 Å². The molecule has 6 heteroatoms. The van der Waals surface area contributed by atoms with Gasteiger partial charge < -0.3 is 15.4 Å². The normalized spacial score (nSPS) is 15.5. The van der Waals surface area contributed by atoms with E-state index in [1.54, 1.807) is 0 Å². The second kappa shape index (κ2) is 13.2. The molecule has 0 aromatic heterocycles.